The highest BCUT2D eigenvalue weighted by Crippen LogP contribution is 2.37. The predicted molar refractivity (Wildman–Crippen MR) is 79.9 cm³/mol. The number of hydrogen-bond acceptors (Lipinski definition) is 0. The maximum Gasteiger partial charge on any atom is 0.179 e. The van der Waals surface area contributed by atoms with Gasteiger partial charge in [0, 0.05) is 0 Å². The number of hydrogen-bond donors (Lipinski definition) is 0. The summed E-state index contributed by atoms with van der Waals surface area (Å²) in [5.41, 5.74) is -0.0200. The zero-order valence-electron chi connectivity index (χ0n) is 11.4. The van der Waals surface area contributed by atoms with Crippen molar-refractivity contribution in [2.45, 2.75) is 5.60 Å². The Kier molecular flexibility index (Phi) is 3.55. The SMILES string of the molecule is [O]C(c1ccccc1)(c1ccccc1)c1cccc(F)c1. The first-order chi connectivity index (χ1) is 10.2. The highest BCUT2D eigenvalue weighted by molar-refractivity contribution is 5.46. The van der Waals surface area contributed by atoms with E-state index < -0.39 is 11.4 Å². The summed E-state index contributed by atoms with van der Waals surface area (Å²) in [5, 5.41) is 13.7. The molecule has 0 aliphatic carbocycles. The summed E-state index contributed by atoms with van der Waals surface area (Å²) in [4.78, 5) is 0. The Morgan fingerprint density at radius 1 is 0.619 bits per heavy atom. The molecule has 0 aromatic heterocycles. The summed E-state index contributed by atoms with van der Waals surface area (Å²) in [7, 11) is 0. The first kappa shape index (κ1) is 13.5. The van der Waals surface area contributed by atoms with E-state index in [9.17, 15) is 9.50 Å². The van der Waals surface area contributed by atoms with Gasteiger partial charge in [0.1, 0.15) is 5.82 Å². The van der Waals surface area contributed by atoms with Gasteiger partial charge in [0.25, 0.3) is 0 Å². The van der Waals surface area contributed by atoms with Gasteiger partial charge in [-0.2, -0.15) is 0 Å². The molecule has 0 atom stereocenters. The average molecular weight is 277 g/mol. The fraction of sp³-hybridized carbons (Fsp3) is 0.0526. The van der Waals surface area contributed by atoms with Crippen LogP contribution in [-0.4, -0.2) is 0 Å². The van der Waals surface area contributed by atoms with Crippen molar-refractivity contribution >= 4 is 0 Å². The van der Waals surface area contributed by atoms with Crippen LogP contribution in [0.4, 0.5) is 4.39 Å². The van der Waals surface area contributed by atoms with E-state index >= 15 is 0 Å². The molecular formula is C19H14FO. The summed E-state index contributed by atoms with van der Waals surface area (Å²) >= 11 is 0. The molecule has 0 N–H and O–H groups in total. The molecule has 3 aromatic carbocycles. The van der Waals surface area contributed by atoms with Crippen LogP contribution in [-0.2, 0) is 10.7 Å². The van der Waals surface area contributed by atoms with Gasteiger partial charge >= 0.3 is 0 Å². The van der Waals surface area contributed by atoms with Crippen LogP contribution in [0.15, 0.2) is 84.9 Å². The summed E-state index contributed by atoms with van der Waals surface area (Å²) in [6.45, 7) is 0. The van der Waals surface area contributed by atoms with Crippen molar-refractivity contribution in [2.75, 3.05) is 0 Å². The largest absolute Gasteiger partial charge is 0.214 e. The second-order valence-corrected chi connectivity index (χ2v) is 4.92. The monoisotopic (exact) mass is 277 g/mol. The Labute approximate surface area is 123 Å². The Morgan fingerprint density at radius 3 is 1.57 bits per heavy atom. The predicted octanol–water partition coefficient (Wildman–Crippen LogP) is 4.55. The molecule has 0 aliphatic heterocycles. The van der Waals surface area contributed by atoms with Gasteiger partial charge in [-0.3, -0.25) is 0 Å². The lowest BCUT2D eigenvalue weighted by Crippen LogP contribution is -2.27. The highest BCUT2D eigenvalue weighted by Gasteiger charge is 2.36. The van der Waals surface area contributed by atoms with Crippen molar-refractivity contribution in [3.8, 4) is 0 Å². The topological polar surface area (TPSA) is 19.9 Å². The smallest absolute Gasteiger partial charge is 0.179 e. The molecule has 0 aliphatic rings. The van der Waals surface area contributed by atoms with E-state index in [1.54, 1.807) is 36.4 Å². The lowest BCUT2D eigenvalue weighted by atomic mass is 9.80. The molecule has 0 spiro atoms. The number of benzene rings is 3. The minimum atomic E-state index is -1.62. The van der Waals surface area contributed by atoms with E-state index in [1.807, 2.05) is 36.4 Å². The first-order valence-corrected chi connectivity index (χ1v) is 6.79. The maximum atomic E-state index is 13.7. The summed E-state index contributed by atoms with van der Waals surface area (Å²) in [6, 6.07) is 24.1. The molecule has 103 valence electrons. The van der Waals surface area contributed by atoms with Crippen molar-refractivity contribution in [1.29, 1.82) is 0 Å². The molecule has 0 bridgehead atoms. The maximum absolute atomic E-state index is 13.7. The summed E-state index contributed by atoms with van der Waals surface area (Å²) < 4.78 is 13.6. The van der Waals surface area contributed by atoms with Crippen molar-refractivity contribution < 1.29 is 9.50 Å². The van der Waals surface area contributed by atoms with Crippen LogP contribution in [0.5, 0.6) is 0 Å². The first-order valence-electron chi connectivity index (χ1n) is 6.79. The molecule has 0 fully saturated rings. The molecule has 1 radical (unpaired) electrons. The molecule has 0 saturated carbocycles. The Bertz CT molecular complexity index is 683. The molecule has 21 heavy (non-hydrogen) atoms. The minimum Gasteiger partial charge on any atom is -0.214 e. The van der Waals surface area contributed by atoms with E-state index in [0.717, 1.165) is 0 Å². The fourth-order valence-corrected chi connectivity index (χ4v) is 2.55. The van der Waals surface area contributed by atoms with Gasteiger partial charge < -0.3 is 0 Å². The molecular weight excluding hydrogens is 263 g/mol. The summed E-state index contributed by atoms with van der Waals surface area (Å²) in [5.74, 6) is -0.403. The van der Waals surface area contributed by atoms with Crippen LogP contribution in [0, 0.1) is 5.82 Å². The molecule has 0 saturated heterocycles. The summed E-state index contributed by atoms with van der Waals surface area (Å²) in [6.07, 6.45) is 0. The van der Waals surface area contributed by atoms with Gasteiger partial charge in [-0.15, -0.1) is 0 Å². The second kappa shape index (κ2) is 5.51. The Morgan fingerprint density at radius 2 is 1.10 bits per heavy atom. The number of halogens is 1. The van der Waals surface area contributed by atoms with E-state index in [4.69, 9.17) is 0 Å². The standard InChI is InChI=1S/C19H14FO/c20-18-13-7-12-17(14-18)19(21,15-8-3-1-4-9-15)16-10-5-2-6-11-16/h1-14H. The van der Waals surface area contributed by atoms with Crippen molar-refractivity contribution in [3.05, 3.63) is 107 Å². The highest BCUT2D eigenvalue weighted by atomic mass is 19.1. The Balaban J connectivity index is 2.25. The third-order valence-corrected chi connectivity index (χ3v) is 3.59. The van der Waals surface area contributed by atoms with Crippen LogP contribution in [0.1, 0.15) is 16.7 Å². The fourth-order valence-electron chi connectivity index (χ4n) is 2.55. The van der Waals surface area contributed by atoms with E-state index in [2.05, 4.69) is 0 Å². The molecule has 2 heteroatoms. The van der Waals surface area contributed by atoms with Crippen molar-refractivity contribution in [1.82, 2.24) is 0 Å². The van der Waals surface area contributed by atoms with Crippen LogP contribution in [0.25, 0.3) is 0 Å². The van der Waals surface area contributed by atoms with E-state index in [-0.39, 0.29) is 0 Å². The quantitative estimate of drug-likeness (QED) is 0.626. The lowest BCUT2D eigenvalue weighted by Gasteiger charge is -2.27. The number of rotatable bonds is 3. The van der Waals surface area contributed by atoms with Gasteiger partial charge in [-0.25, -0.2) is 9.50 Å². The van der Waals surface area contributed by atoms with Gasteiger partial charge in [-0.05, 0) is 28.8 Å². The van der Waals surface area contributed by atoms with Gasteiger partial charge in [0.2, 0.25) is 0 Å². The average Bonchev–Trinajstić information content (AvgIpc) is 2.56. The van der Waals surface area contributed by atoms with Crippen LogP contribution in [0.2, 0.25) is 0 Å². The molecule has 0 heterocycles. The molecule has 1 nitrogen and oxygen atoms in total. The zero-order valence-corrected chi connectivity index (χ0v) is 11.4. The van der Waals surface area contributed by atoms with Gasteiger partial charge in [0.05, 0.1) is 0 Å². The third-order valence-electron chi connectivity index (χ3n) is 3.59. The van der Waals surface area contributed by atoms with Crippen LogP contribution < -0.4 is 0 Å². The minimum absolute atomic E-state index is 0.403. The van der Waals surface area contributed by atoms with Crippen molar-refractivity contribution in [2.24, 2.45) is 0 Å². The molecule has 0 unspecified atom stereocenters. The molecule has 0 amide bonds. The van der Waals surface area contributed by atoms with E-state index in [0.29, 0.717) is 16.7 Å². The molecule has 3 aromatic rings. The van der Waals surface area contributed by atoms with E-state index in [1.165, 1.54) is 12.1 Å². The normalized spacial score (nSPS) is 11.3. The molecule has 3 rings (SSSR count). The van der Waals surface area contributed by atoms with Crippen LogP contribution >= 0.6 is 0 Å². The second-order valence-electron chi connectivity index (χ2n) is 4.92. The lowest BCUT2D eigenvalue weighted by molar-refractivity contribution is 0.0408. The van der Waals surface area contributed by atoms with Gasteiger partial charge in [-0.1, -0.05) is 72.8 Å². The van der Waals surface area contributed by atoms with Gasteiger partial charge in [0.15, 0.2) is 5.60 Å². The third kappa shape index (κ3) is 2.46. The Hall–Kier alpha value is -2.45. The van der Waals surface area contributed by atoms with Crippen LogP contribution in [0.3, 0.4) is 0 Å². The van der Waals surface area contributed by atoms with Crippen molar-refractivity contribution in [3.63, 3.8) is 0 Å². The zero-order chi connectivity index (χ0) is 14.7.